The van der Waals surface area contributed by atoms with Crippen LogP contribution in [-0.2, 0) is 4.79 Å². The quantitative estimate of drug-likeness (QED) is 0.387. The van der Waals surface area contributed by atoms with Crippen LogP contribution in [0.15, 0.2) is 59.0 Å². The number of nitrogens with one attached hydrogen (secondary N) is 1. The van der Waals surface area contributed by atoms with Crippen molar-refractivity contribution in [1.82, 2.24) is 4.98 Å². The summed E-state index contributed by atoms with van der Waals surface area (Å²) in [6.07, 6.45) is 0. The Hall–Kier alpha value is -3.02. The highest BCUT2D eigenvalue weighted by Crippen LogP contribution is 2.29. The molecule has 7 heteroatoms. The van der Waals surface area contributed by atoms with E-state index < -0.39 is 0 Å². The van der Waals surface area contributed by atoms with E-state index in [9.17, 15) is 4.79 Å². The average molecular weight is 441 g/mol. The number of carbonyl (C=O) groups is 1. The number of aryl methyl sites for hydroxylation is 2. The lowest BCUT2D eigenvalue weighted by Gasteiger charge is -2.09. The van der Waals surface area contributed by atoms with Crippen molar-refractivity contribution < 1.29 is 13.9 Å². The third-order valence-electron chi connectivity index (χ3n) is 4.39. The lowest BCUT2D eigenvalue weighted by Crippen LogP contribution is -2.20. The number of fused-ring (bicyclic) bond motifs is 1. The van der Waals surface area contributed by atoms with Gasteiger partial charge in [-0.3, -0.25) is 4.79 Å². The number of hydrogen-bond donors (Lipinski definition) is 1. The van der Waals surface area contributed by atoms with Gasteiger partial charge in [0.15, 0.2) is 12.2 Å². The molecule has 0 bridgehead atoms. The van der Waals surface area contributed by atoms with Crippen molar-refractivity contribution in [2.24, 2.45) is 0 Å². The van der Waals surface area contributed by atoms with Gasteiger partial charge >= 0.3 is 0 Å². The summed E-state index contributed by atoms with van der Waals surface area (Å²) in [6, 6.07) is 16.3. The molecule has 0 aliphatic carbocycles. The minimum atomic E-state index is -0.321. The largest absolute Gasteiger partial charge is 0.482 e. The zero-order valence-corrected chi connectivity index (χ0v) is 17.8. The molecule has 0 atom stereocenters. The highest BCUT2D eigenvalue weighted by molar-refractivity contribution is 6.35. The summed E-state index contributed by atoms with van der Waals surface area (Å²) in [6.45, 7) is 3.88. The fourth-order valence-electron chi connectivity index (χ4n) is 3.16. The van der Waals surface area contributed by atoms with Gasteiger partial charge in [-0.05, 0) is 62.4 Å². The smallest absolute Gasteiger partial charge is 0.262 e. The predicted octanol–water partition coefficient (Wildman–Crippen LogP) is 6.44. The number of nitrogens with zero attached hydrogens (tertiary/aromatic N) is 1. The van der Waals surface area contributed by atoms with Crippen molar-refractivity contribution in [1.29, 1.82) is 0 Å². The molecule has 1 heterocycles. The van der Waals surface area contributed by atoms with Crippen LogP contribution >= 0.6 is 23.2 Å². The van der Waals surface area contributed by atoms with Gasteiger partial charge in [-0.1, -0.05) is 40.4 Å². The van der Waals surface area contributed by atoms with Gasteiger partial charge in [0, 0.05) is 16.3 Å². The van der Waals surface area contributed by atoms with Gasteiger partial charge in [0.2, 0.25) is 5.89 Å². The average Bonchev–Trinajstić information content (AvgIpc) is 3.10. The Morgan fingerprint density at radius 1 is 1.03 bits per heavy atom. The van der Waals surface area contributed by atoms with Gasteiger partial charge in [0.25, 0.3) is 5.91 Å². The lowest BCUT2D eigenvalue weighted by atomic mass is 10.1. The molecule has 0 unspecified atom stereocenters. The molecule has 0 fully saturated rings. The van der Waals surface area contributed by atoms with E-state index in [0.717, 1.165) is 16.7 Å². The van der Waals surface area contributed by atoms with E-state index in [2.05, 4.69) is 16.4 Å². The van der Waals surface area contributed by atoms with Gasteiger partial charge in [-0.25, -0.2) is 4.98 Å². The molecule has 3 aromatic carbocycles. The van der Waals surface area contributed by atoms with Crippen LogP contribution in [0.25, 0.3) is 22.6 Å². The monoisotopic (exact) mass is 440 g/mol. The SMILES string of the molecule is Cc1cc(C)cc(-c2nc3cc(NC(=O)COc4ccc(Cl)cc4Cl)ccc3o2)c1. The highest BCUT2D eigenvalue weighted by Gasteiger charge is 2.12. The number of ether oxygens (including phenoxy) is 1. The standard InChI is InChI=1S/C23H18Cl2N2O3/c1-13-7-14(2)9-15(8-13)23-27-19-11-17(4-6-21(19)30-23)26-22(28)12-29-20-5-3-16(24)10-18(20)25/h3-11H,12H2,1-2H3,(H,26,28). The molecule has 30 heavy (non-hydrogen) atoms. The van der Waals surface area contributed by atoms with Crippen molar-refractivity contribution in [2.75, 3.05) is 11.9 Å². The molecular formula is C23H18Cl2N2O3. The van der Waals surface area contributed by atoms with Crippen LogP contribution in [-0.4, -0.2) is 17.5 Å². The summed E-state index contributed by atoms with van der Waals surface area (Å²) < 4.78 is 11.3. The Bertz CT molecular complexity index is 1230. The van der Waals surface area contributed by atoms with Crippen LogP contribution in [0.4, 0.5) is 5.69 Å². The van der Waals surface area contributed by atoms with Gasteiger partial charge in [-0.15, -0.1) is 0 Å². The van der Waals surface area contributed by atoms with Crippen LogP contribution in [0.1, 0.15) is 11.1 Å². The van der Waals surface area contributed by atoms with Gasteiger partial charge in [0.1, 0.15) is 11.3 Å². The molecular weight excluding hydrogens is 423 g/mol. The maximum absolute atomic E-state index is 12.3. The molecule has 5 nitrogen and oxygen atoms in total. The number of oxazole rings is 1. The highest BCUT2D eigenvalue weighted by atomic mass is 35.5. The third-order valence-corrected chi connectivity index (χ3v) is 4.92. The van der Waals surface area contributed by atoms with E-state index in [1.807, 2.05) is 26.0 Å². The van der Waals surface area contributed by atoms with Crippen LogP contribution < -0.4 is 10.1 Å². The summed E-state index contributed by atoms with van der Waals surface area (Å²) in [7, 11) is 0. The lowest BCUT2D eigenvalue weighted by molar-refractivity contribution is -0.118. The van der Waals surface area contributed by atoms with E-state index in [1.54, 1.807) is 36.4 Å². The van der Waals surface area contributed by atoms with Gasteiger partial charge in [-0.2, -0.15) is 0 Å². The van der Waals surface area contributed by atoms with Crippen molar-refractivity contribution >= 4 is 45.9 Å². The second kappa shape index (κ2) is 8.38. The molecule has 0 aliphatic heterocycles. The Morgan fingerprint density at radius 2 is 1.80 bits per heavy atom. The summed E-state index contributed by atoms with van der Waals surface area (Å²) >= 11 is 11.9. The molecule has 1 aromatic heterocycles. The fourth-order valence-corrected chi connectivity index (χ4v) is 3.62. The normalized spacial score (nSPS) is 10.9. The second-order valence-corrected chi connectivity index (χ2v) is 7.83. The first kappa shape index (κ1) is 20.3. The number of hydrogen-bond acceptors (Lipinski definition) is 4. The third kappa shape index (κ3) is 4.58. The fraction of sp³-hybridized carbons (Fsp3) is 0.130. The minimum absolute atomic E-state index is 0.188. The first-order valence-corrected chi connectivity index (χ1v) is 10.00. The number of amides is 1. The van der Waals surface area contributed by atoms with Crippen LogP contribution in [0.2, 0.25) is 10.0 Å². The summed E-state index contributed by atoms with van der Waals surface area (Å²) in [5.74, 6) is 0.612. The molecule has 1 N–H and O–H groups in total. The van der Waals surface area contributed by atoms with Crippen molar-refractivity contribution in [3.05, 3.63) is 75.8 Å². The Kier molecular flexibility index (Phi) is 5.66. The number of anilines is 1. The Balaban J connectivity index is 1.47. The summed E-state index contributed by atoms with van der Waals surface area (Å²) in [5, 5.41) is 3.63. The van der Waals surface area contributed by atoms with Crippen LogP contribution in [0, 0.1) is 13.8 Å². The summed E-state index contributed by atoms with van der Waals surface area (Å²) in [5.41, 5.74) is 5.10. The first-order valence-electron chi connectivity index (χ1n) is 9.24. The molecule has 0 aliphatic rings. The van der Waals surface area contributed by atoms with Crippen LogP contribution in [0.5, 0.6) is 5.75 Å². The number of carbonyl (C=O) groups excluding carboxylic acids is 1. The summed E-state index contributed by atoms with van der Waals surface area (Å²) in [4.78, 5) is 16.8. The molecule has 4 aromatic rings. The van der Waals surface area contributed by atoms with E-state index in [-0.39, 0.29) is 12.5 Å². The van der Waals surface area contributed by atoms with E-state index in [1.165, 1.54) is 0 Å². The number of halogens is 2. The zero-order chi connectivity index (χ0) is 21.3. The van der Waals surface area contributed by atoms with E-state index in [4.69, 9.17) is 32.4 Å². The van der Waals surface area contributed by atoms with Crippen molar-refractivity contribution in [2.45, 2.75) is 13.8 Å². The maximum atomic E-state index is 12.3. The molecule has 0 spiro atoms. The maximum Gasteiger partial charge on any atom is 0.262 e. The Labute approximate surface area is 183 Å². The van der Waals surface area contributed by atoms with Crippen LogP contribution in [0.3, 0.4) is 0 Å². The van der Waals surface area contributed by atoms with Gasteiger partial charge < -0.3 is 14.5 Å². The number of benzene rings is 3. The molecule has 0 saturated heterocycles. The molecule has 1 amide bonds. The predicted molar refractivity (Wildman–Crippen MR) is 120 cm³/mol. The first-order chi connectivity index (χ1) is 14.4. The van der Waals surface area contributed by atoms with E-state index in [0.29, 0.717) is 38.5 Å². The number of aromatic nitrogens is 1. The Morgan fingerprint density at radius 3 is 2.53 bits per heavy atom. The molecule has 0 saturated carbocycles. The molecule has 152 valence electrons. The number of rotatable bonds is 5. The zero-order valence-electron chi connectivity index (χ0n) is 16.3. The van der Waals surface area contributed by atoms with Gasteiger partial charge in [0.05, 0.1) is 5.02 Å². The van der Waals surface area contributed by atoms with E-state index >= 15 is 0 Å². The molecule has 0 radical (unpaired) electrons. The topological polar surface area (TPSA) is 64.4 Å². The van der Waals surface area contributed by atoms with Crippen molar-refractivity contribution in [3.8, 4) is 17.2 Å². The second-order valence-electron chi connectivity index (χ2n) is 6.99. The van der Waals surface area contributed by atoms with Crippen molar-refractivity contribution in [3.63, 3.8) is 0 Å². The molecule has 4 rings (SSSR count). The minimum Gasteiger partial charge on any atom is -0.482 e.